The number of benzene rings is 2. The van der Waals surface area contributed by atoms with E-state index in [0.717, 1.165) is 39.7 Å². The molecule has 0 fully saturated rings. The standard InChI is InChI=1S/C21H17BrN4O2/c22-14-9-7-12(8-10-14)19-18-16(5-2-6-17(18)28)23-21-24-20(25-26(19)21)13-3-1-4-15(27)11-13/h1,3-4,7-11,19,27H,2,5-6H2,(H,23,24,25). The second kappa shape index (κ2) is 6.60. The Morgan fingerprint density at radius 3 is 2.75 bits per heavy atom. The number of carbonyl (C=O) groups is 1. The van der Waals surface area contributed by atoms with Gasteiger partial charge in [-0.1, -0.05) is 40.2 Å². The Hall–Kier alpha value is -2.93. The first-order valence-corrected chi connectivity index (χ1v) is 9.94. The van der Waals surface area contributed by atoms with Crippen LogP contribution in [-0.2, 0) is 4.79 Å². The predicted molar refractivity (Wildman–Crippen MR) is 109 cm³/mol. The topological polar surface area (TPSA) is 80.0 Å². The molecule has 2 aromatic carbocycles. The molecule has 0 saturated heterocycles. The molecule has 6 nitrogen and oxygen atoms in total. The maximum absolute atomic E-state index is 12.8. The lowest BCUT2D eigenvalue weighted by atomic mass is 9.85. The minimum Gasteiger partial charge on any atom is -0.508 e. The van der Waals surface area contributed by atoms with Crippen molar-refractivity contribution in [2.24, 2.45) is 0 Å². The molecule has 1 aliphatic carbocycles. The number of carbonyl (C=O) groups excluding carboxylic acids is 1. The zero-order valence-electron chi connectivity index (χ0n) is 14.9. The lowest BCUT2D eigenvalue weighted by Crippen LogP contribution is -2.31. The van der Waals surface area contributed by atoms with Crippen molar-refractivity contribution in [3.8, 4) is 17.1 Å². The van der Waals surface area contributed by atoms with Gasteiger partial charge in [0.1, 0.15) is 11.8 Å². The van der Waals surface area contributed by atoms with Gasteiger partial charge in [0.05, 0.1) is 0 Å². The third-order valence-corrected chi connectivity index (χ3v) is 5.69. The predicted octanol–water partition coefficient (Wildman–Crippen LogP) is 4.44. The third-order valence-electron chi connectivity index (χ3n) is 5.16. The summed E-state index contributed by atoms with van der Waals surface area (Å²) in [5, 5.41) is 17.8. The van der Waals surface area contributed by atoms with Gasteiger partial charge in [0.25, 0.3) is 0 Å². The molecule has 5 rings (SSSR count). The van der Waals surface area contributed by atoms with E-state index in [1.165, 1.54) is 0 Å². The summed E-state index contributed by atoms with van der Waals surface area (Å²) in [7, 11) is 0. The number of rotatable bonds is 2. The van der Waals surface area contributed by atoms with Gasteiger partial charge in [-0.15, -0.1) is 5.10 Å². The van der Waals surface area contributed by atoms with Crippen LogP contribution in [0.3, 0.4) is 0 Å². The molecule has 0 bridgehead atoms. The maximum atomic E-state index is 12.8. The average molecular weight is 437 g/mol. The average Bonchev–Trinajstić information content (AvgIpc) is 3.11. The summed E-state index contributed by atoms with van der Waals surface area (Å²) < 4.78 is 2.76. The van der Waals surface area contributed by atoms with Gasteiger partial charge in [-0.2, -0.15) is 4.98 Å². The van der Waals surface area contributed by atoms with Gasteiger partial charge in [-0.05, 0) is 42.7 Å². The molecule has 28 heavy (non-hydrogen) atoms. The van der Waals surface area contributed by atoms with Crippen molar-refractivity contribution in [3.05, 3.63) is 69.8 Å². The first-order valence-electron chi connectivity index (χ1n) is 9.15. The van der Waals surface area contributed by atoms with Crippen LogP contribution in [0.5, 0.6) is 5.75 Å². The lowest BCUT2D eigenvalue weighted by Gasteiger charge is -2.32. The Bertz CT molecular complexity index is 1120. The van der Waals surface area contributed by atoms with Crippen LogP contribution < -0.4 is 5.32 Å². The number of hydrogen-bond donors (Lipinski definition) is 2. The highest BCUT2D eigenvalue weighted by atomic mass is 79.9. The Morgan fingerprint density at radius 2 is 1.96 bits per heavy atom. The molecule has 0 amide bonds. The van der Waals surface area contributed by atoms with Crippen molar-refractivity contribution in [3.63, 3.8) is 0 Å². The SMILES string of the molecule is O=C1CCCC2=C1C(c1ccc(Br)cc1)n1nc(-c3cccc(O)c3)nc1N2. The highest BCUT2D eigenvalue weighted by Gasteiger charge is 2.36. The van der Waals surface area contributed by atoms with Gasteiger partial charge in [-0.25, -0.2) is 4.68 Å². The molecule has 0 radical (unpaired) electrons. The number of allylic oxidation sites excluding steroid dienone is 2. The minimum atomic E-state index is -0.314. The number of phenolic OH excluding ortho intramolecular Hbond substituents is 1. The quantitative estimate of drug-likeness (QED) is 0.620. The van der Waals surface area contributed by atoms with Gasteiger partial charge in [0.2, 0.25) is 5.95 Å². The van der Waals surface area contributed by atoms with Crippen molar-refractivity contribution >= 4 is 27.7 Å². The van der Waals surface area contributed by atoms with E-state index in [9.17, 15) is 9.90 Å². The summed E-state index contributed by atoms with van der Waals surface area (Å²) in [4.78, 5) is 17.5. The molecule has 0 saturated carbocycles. The molecule has 1 aliphatic heterocycles. The van der Waals surface area contributed by atoms with Crippen molar-refractivity contribution in [1.82, 2.24) is 14.8 Å². The highest BCUT2D eigenvalue weighted by Crippen LogP contribution is 2.40. The Kier molecular flexibility index (Phi) is 4.05. The first kappa shape index (κ1) is 17.2. The second-order valence-corrected chi connectivity index (χ2v) is 7.92. The first-order chi connectivity index (χ1) is 13.6. The zero-order chi connectivity index (χ0) is 19.3. The van der Waals surface area contributed by atoms with Gasteiger partial charge in [-0.3, -0.25) is 4.79 Å². The van der Waals surface area contributed by atoms with Crippen molar-refractivity contribution < 1.29 is 9.90 Å². The Balaban J connectivity index is 1.68. The highest BCUT2D eigenvalue weighted by molar-refractivity contribution is 9.10. The summed E-state index contributed by atoms with van der Waals surface area (Å²) >= 11 is 3.47. The van der Waals surface area contributed by atoms with Crippen LogP contribution in [0.1, 0.15) is 30.9 Å². The lowest BCUT2D eigenvalue weighted by molar-refractivity contribution is -0.116. The molecule has 2 aliphatic rings. The molecule has 1 atom stereocenters. The molecule has 0 spiro atoms. The molecule has 1 aromatic heterocycles. The number of fused-ring (bicyclic) bond motifs is 1. The van der Waals surface area contributed by atoms with Crippen LogP contribution >= 0.6 is 15.9 Å². The number of aromatic hydroxyl groups is 1. The fourth-order valence-corrected chi connectivity index (χ4v) is 4.14. The molecule has 1 unspecified atom stereocenters. The van der Waals surface area contributed by atoms with E-state index in [-0.39, 0.29) is 17.6 Å². The molecular weight excluding hydrogens is 420 g/mol. The maximum Gasteiger partial charge on any atom is 0.226 e. The second-order valence-electron chi connectivity index (χ2n) is 7.00. The third kappa shape index (κ3) is 2.82. The number of ketones is 1. The van der Waals surface area contributed by atoms with Crippen LogP contribution in [0.2, 0.25) is 0 Å². The summed E-state index contributed by atoms with van der Waals surface area (Å²) in [5.41, 5.74) is 3.42. The number of anilines is 1. The molecule has 140 valence electrons. The minimum absolute atomic E-state index is 0.154. The monoisotopic (exact) mass is 436 g/mol. The van der Waals surface area contributed by atoms with Crippen molar-refractivity contribution in [2.75, 3.05) is 5.32 Å². The fraction of sp³-hybridized carbons (Fsp3) is 0.190. The number of hydrogen-bond acceptors (Lipinski definition) is 5. The molecule has 7 heteroatoms. The zero-order valence-corrected chi connectivity index (χ0v) is 16.5. The number of Topliss-reactive ketones (excluding diaryl/α,β-unsaturated/α-hetero) is 1. The van der Waals surface area contributed by atoms with Crippen LogP contribution in [0.4, 0.5) is 5.95 Å². The number of halogens is 1. The molecule has 2 N–H and O–H groups in total. The van der Waals surface area contributed by atoms with Gasteiger partial charge in [0, 0.05) is 27.7 Å². The molecule has 3 aromatic rings. The van der Waals surface area contributed by atoms with E-state index in [4.69, 9.17) is 5.10 Å². The molecular formula is C21H17BrN4O2. The number of aromatic nitrogens is 3. The summed E-state index contributed by atoms with van der Waals surface area (Å²) in [5.74, 6) is 1.43. The van der Waals surface area contributed by atoms with Crippen LogP contribution in [-0.4, -0.2) is 25.7 Å². The van der Waals surface area contributed by atoms with E-state index in [1.807, 2.05) is 30.3 Å². The fourth-order valence-electron chi connectivity index (χ4n) is 3.88. The van der Waals surface area contributed by atoms with E-state index in [2.05, 4.69) is 26.2 Å². The molecule has 2 heterocycles. The largest absolute Gasteiger partial charge is 0.508 e. The van der Waals surface area contributed by atoms with Crippen LogP contribution in [0.15, 0.2) is 64.3 Å². The van der Waals surface area contributed by atoms with Gasteiger partial charge < -0.3 is 10.4 Å². The van der Waals surface area contributed by atoms with Crippen LogP contribution in [0.25, 0.3) is 11.4 Å². The number of phenols is 1. The normalized spacial score (nSPS) is 18.5. The van der Waals surface area contributed by atoms with E-state index in [0.29, 0.717) is 18.2 Å². The Labute approximate surface area is 170 Å². The smallest absolute Gasteiger partial charge is 0.226 e. The Morgan fingerprint density at radius 1 is 1.14 bits per heavy atom. The summed E-state index contributed by atoms with van der Waals surface area (Å²) in [6, 6.07) is 14.5. The van der Waals surface area contributed by atoms with E-state index >= 15 is 0 Å². The van der Waals surface area contributed by atoms with E-state index < -0.39 is 0 Å². The van der Waals surface area contributed by atoms with Gasteiger partial charge >= 0.3 is 0 Å². The summed E-state index contributed by atoms with van der Waals surface area (Å²) in [6.07, 6.45) is 2.21. The number of nitrogens with one attached hydrogen (secondary N) is 1. The van der Waals surface area contributed by atoms with E-state index in [1.54, 1.807) is 22.9 Å². The van der Waals surface area contributed by atoms with Crippen molar-refractivity contribution in [1.29, 1.82) is 0 Å². The van der Waals surface area contributed by atoms with Crippen LogP contribution in [0, 0.1) is 0 Å². The number of nitrogens with zero attached hydrogens (tertiary/aromatic N) is 3. The van der Waals surface area contributed by atoms with Crippen molar-refractivity contribution in [2.45, 2.75) is 25.3 Å². The van der Waals surface area contributed by atoms with Gasteiger partial charge in [0.15, 0.2) is 11.6 Å². The summed E-state index contributed by atoms with van der Waals surface area (Å²) in [6.45, 7) is 0.